The first kappa shape index (κ1) is 13.3. The zero-order valence-electron chi connectivity index (χ0n) is 9.69. The van der Waals surface area contributed by atoms with Crippen LogP contribution in [-0.4, -0.2) is 33.0 Å². The van der Waals surface area contributed by atoms with Crippen molar-refractivity contribution in [1.82, 2.24) is 0 Å². The Bertz CT molecular complexity index is 445. The number of methoxy groups -OCH3 is 2. The number of esters is 1. The molecule has 0 aromatic heterocycles. The first-order valence-electron chi connectivity index (χ1n) is 4.67. The van der Waals surface area contributed by atoms with Gasteiger partial charge >= 0.3 is 5.97 Å². The zero-order chi connectivity index (χ0) is 12.8. The number of oxime groups is 1. The third-order valence-electron chi connectivity index (χ3n) is 1.99. The molecule has 1 rings (SSSR count). The van der Waals surface area contributed by atoms with Gasteiger partial charge in [-0.05, 0) is 18.2 Å². The van der Waals surface area contributed by atoms with E-state index >= 15 is 0 Å². The van der Waals surface area contributed by atoms with E-state index < -0.39 is 5.97 Å². The van der Waals surface area contributed by atoms with Gasteiger partial charge in [-0.15, -0.1) is 0 Å². The van der Waals surface area contributed by atoms with E-state index in [1.54, 1.807) is 18.2 Å². The Morgan fingerprint density at radius 3 is 2.47 bits per heavy atom. The summed E-state index contributed by atoms with van der Waals surface area (Å²) < 4.78 is 9.60. The number of ether oxygens (including phenoxy) is 2. The Kier molecular flexibility index (Phi) is 4.78. The van der Waals surface area contributed by atoms with Crippen LogP contribution < -0.4 is 4.74 Å². The molecule has 0 spiro atoms. The third-order valence-corrected chi connectivity index (χ3v) is 2.28. The van der Waals surface area contributed by atoms with Gasteiger partial charge in [0.15, 0.2) is 5.71 Å². The van der Waals surface area contributed by atoms with Crippen LogP contribution in [0, 0.1) is 0 Å². The highest BCUT2D eigenvalue weighted by atomic mass is 35.5. The van der Waals surface area contributed by atoms with Crippen LogP contribution in [0.4, 0.5) is 0 Å². The highest BCUT2D eigenvalue weighted by Gasteiger charge is 2.17. The van der Waals surface area contributed by atoms with Crippen LogP contribution in [0.5, 0.6) is 5.75 Å². The minimum atomic E-state index is -0.604. The summed E-state index contributed by atoms with van der Waals surface area (Å²) in [6.07, 6.45) is 0. The first-order valence-corrected chi connectivity index (χ1v) is 5.05. The molecule has 0 N–H and O–H groups in total. The molecule has 0 heterocycles. The standard InChI is InChI=1S/C11H12ClNO4/c1-15-9-5-4-7(6-8(9)12)10(13-17-3)11(14)16-2/h4-6H,1-3H3. The average Bonchev–Trinajstić information content (AvgIpc) is 2.35. The molecule has 0 bridgehead atoms. The molecule has 0 fully saturated rings. The molecule has 0 saturated heterocycles. The Labute approximate surface area is 104 Å². The van der Waals surface area contributed by atoms with Crippen molar-refractivity contribution in [2.75, 3.05) is 21.3 Å². The van der Waals surface area contributed by atoms with Crippen molar-refractivity contribution in [3.8, 4) is 5.75 Å². The Hall–Kier alpha value is -1.75. The van der Waals surface area contributed by atoms with Gasteiger partial charge in [0, 0.05) is 5.56 Å². The van der Waals surface area contributed by atoms with Crippen molar-refractivity contribution in [2.24, 2.45) is 5.16 Å². The van der Waals surface area contributed by atoms with E-state index in [0.29, 0.717) is 16.3 Å². The maximum Gasteiger partial charge on any atom is 0.360 e. The molecular weight excluding hydrogens is 246 g/mol. The molecule has 0 saturated carbocycles. The molecule has 92 valence electrons. The summed E-state index contributed by atoms with van der Waals surface area (Å²) in [5.41, 5.74) is 0.532. The number of carbonyl (C=O) groups is 1. The van der Waals surface area contributed by atoms with E-state index in [1.807, 2.05) is 0 Å². The third kappa shape index (κ3) is 3.10. The first-order chi connectivity index (χ1) is 8.13. The lowest BCUT2D eigenvalue weighted by atomic mass is 10.1. The fraction of sp³-hybridized carbons (Fsp3) is 0.273. The van der Waals surface area contributed by atoms with Gasteiger partial charge in [0.25, 0.3) is 0 Å². The van der Waals surface area contributed by atoms with Crippen molar-refractivity contribution < 1.29 is 19.1 Å². The Balaban J connectivity index is 3.16. The molecule has 6 heteroatoms. The normalized spacial score (nSPS) is 10.9. The van der Waals surface area contributed by atoms with Gasteiger partial charge in [0.1, 0.15) is 12.9 Å². The van der Waals surface area contributed by atoms with Gasteiger partial charge in [-0.25, -0.2) is 4.79 Å². The molecule has 5 nitrogen and oxygen atoms in total. The second-order valence-corrected chi connectivity index (χ2v) is 3.37. The monoisotopic (exact) mass is 257 g/mol. The fourth-order valence-electron chi connectivity index (χ4n) is 1.21. The van der Waals surface area contributed by atoms with Crippen LogP contribution in [-0.2, 0) is 14.4 Å². The highest BCUT2D eigenvalue weighted by molar-refractivity contribution is 6.43. The number of carbonyl (C=O) groups excluding carboxylic acids is 1. The van der Waals surface area contributed by atoms with Crippen molar-refractivity contribution in [1.29, 1.82) is 0 Å². The minimum Gasteiger partial charge on any atom is -0.495 e. The minimum absolute atomic E-state index is 0.0413. The summed E-state index contributed by atoms with van der Waals surface area (Å²) in [5, 5.41) is 3.98. The Morgan fingerprint density at radius 1 is 1.29 bits per heavy atom. The molecule has 1 aromatic rings. The zero-order valence-corrected chi connectivity index (χ0v) is 10.4. The molecule has 0 aliphatic heterocycles. The van der Waals surface area contributed by atoms with E-state index in [-0.39, 0.29) is 5.71 Å². The molecule has 1 aromatic carbocycles. The van der Waals surface area contributed by atoms with E-state index in [1.165, 1.54) is 21.3 Å². The summed E-state index contributed by atoms with van der Waals surface area (Å²) >= 11 is 5.95. The van der Waals surface area contributed by atoms with Gasteiger partial charge in [-0.3, -0.25) is 0 Å². The maximum absolute atomic E-state index is 11.5. The lowest BCUT2D eigenvalue weighted by Crippen LogP contribution is -2.17. The molecule has 17 heavy (non-hydrogen) atoms. The average molecular weight is 258 g/mol. The van der Waals surface area contributed by atoms with Crippen LogP contribution in [0.3, 0.4) is 0 Å². The van der Waals surface area contributed by atoms with Crippen LogP contribution >= 0.6 is 11.6 Å². The number of nitrogens with zero attached hydrogens (tertiary/aromatic N) is 1. The van der Waals surface area contributed by atoms with Crippen molar-refractivity contribution in [3.05, 3.63) is 28.8 Å². The van der Waals surface area contributed by atoms with Gasteiger partial charge in [0.05, 0.1) is 19.2 Å². The molecular formula is C11H12ClNO4. The maximum atomic E-state index is 11.5. The summed E-state index contributed by atoms with van der Waals surface area (Å²) in [7, 11) is 4.11. The lowest BCUT2D eigenvalue weighted by Gasteiger charge is -2.07. The molecule has 0 unspecified atom stereocenters. The summed E-state index contributed by atoms with van der Waals surface area (Å²) in [4.78, 5) is 16.1. The fourth-order valence-corrected chi connectivity index (χ4v) is 1.47. The second kappa shape index (κ2) is 6.10. The SMILES string of the molecule is CON=C(C(=O)OC)c1ccc(OC)c(Cl)c1. The lowest BCUT2D eigenvalue weighted by molar-refractivity contribution is -0.132. The predicted octanol–water partition coefficient (Wildman–Crippen LogP) is 1.87. The molecule has 0 aliphatic carbocycles. The van der Waals surface area contributed by atoms with Crippen molar-refractivity contribution in [3.63, 3.8) is 0 Å². The molecule has 0 amide bonds. The van der Waals surface area contributed by atoms with E-state index in [9.17, 15) is 4.79 Å². The number of rotatable bonds is 4. The van der Waals surface area contributed by atoms with Crippen LogP contribution in [0.15, 0.2) is 23.4 Å². The predicted molar refractivity (Wildman–Crippen MR) is 63.6 cm³/mol. The summed E-state index contributed by atoms with van der Waals surface area (Å²) in [6.45, 7) is 0. The van der Waals surface area contributed by atoms with E-state index in [4.69, 9.17) is 16.3 Å². The highest BCUT2D eigenvalue weighted by Crippen LogP contribution is 2.25. The quantitative estimate of drug-likeness (QED) is 0.469. The number of hydrogen-bond acceptors (Lipinski definition) is 5. The van der Waals surface area contributed by atoms with E-state index in [2.05, 4.69) is 14.7 Å². The van der Waals surface area contributed by atoms with Gasteiger partial charge in [-0.1, -0.05) is 16.8 Å². The molecule has 0 radical (unpaired) electrons. The van der Waals surface area contributed by atoms with Crippen molar-refractivity contribution in [2.45, 2.75) is 0 Å². The molecule has 0 atom stereocenters. The van der Waals surface area contributed by atoms with Crippen molar-refractivity contribution >= 4 is 23.3 Å². The van der Waals surface area contributed by atoms with E-state index in [0.717, 1.165) is 0 Å². The van der Waals surface area contributed by atoms with Crippen LogP contribution in [0.1, 0.15) is 5.56 Å². The second-order valence-electron chi connectivity index (χ2n) is 2.96. The number of benzene rings is 1. The Morgan fingerprint density at radius 2 is 2.00 bits per heavy atom. The van der Waals surface area contributed by atoms with Gasteiger partial charge in [-0.2, -0.15) is 0 Å². The molecule has 0 aliphatic rings. The smallest absolute Gasteiger partial charge is 0.360 e. The van der Waals surface area contributed by atoms with Gasteiger partial charge < -0.3 is 14.3 Å². The number of hydrogen-bond donors (Lipinski definition) is 0. The largest absolute Gasteiger partial charge is 0.495 e. The topological polar surface area (TPSA) is 57.1 Å². The number of halogens is 1. The van der Waals surface area contributed by atoms with Crippen LogP contribution in [0.2, 0.25) is 5.02 Å². The van der Waals surface area contributed by atoms with Gasteiger partial charge in [0.2, 0.25) is 0 Å². The summed E-state index contributed by atoms with van der Waals surface area (Å²) in [6, 6.07) is 4.82. The van der Waals surface area contributed by atoms with Crippen LogP contribution in [0.25, 0.3) is 0 Å². The summed E-state index contributed by atoms with van der Waals surface area (Å²) in [5.74, 6) is -0.0925.